The van der Waals surface area contributed by atoms with E-state index in [-0.39, 0.29) is 0 Å². The number of hydrogen-bond donors (Lipinski definition) is 1. The van der Waals surface area contributed by atoms with Gasteiger partial charge in [0.05, 0.1) is 23.3 Å². The zero-order valence-corrected chi connectivity index (χ0v) is 14.8. The molecule has 2 heterocycles. The molecule has 0 aliphatic carbocycles. The number of aromatic nitrogens is 3. The molecular weight excluding hydrogens is 318 g/mol. The van der Waals surface area contributed by atoms with Crippen LogP contribution in [0.2, 0.25) is 0 Å². The van der Waals surface area contributed by atoms with Crippen LogP contribution in [-0.2, 0) is 22.7 Å². The Kier molecular flexibility index (Phi) is 5.14. The number of fused-ring (bicyclic) bond motifs is 3. The molecular formula is C18H23N5O2. The highest BCUT2D eigenvalue weighted by molar-refractivity contribution is 6.07. The quantitative estimate of drug-likeness (QED) is 0.527. The number of rotatable bonds is 7. The van der Waals surface area contributed by atoms with E-state index in [1.54, 1.807) is 7.11 Å². The Morgan fingerprint density at radius 3 is 2.76 bits per heavy atom. The normalized spacial score (nSPS) is 12.2. The molecule has 25 heavy (non-hydrogen) atoms. The monoisotopic (exact) mass is 341 g/mol. The summed E-state index contributed by atoms with van der Waals surface area (Å²) in [6, 6.07) is 7.93. The molecule has 1 aromatic carbocycles. The molecule has 3 rings (SSSR count). The first-order valence-electron chi connectivity index (χ1n) is 8.39. The second kappa shape index (κ2) is 7.48. The largest absolute Gasteiger partial charge is 0.399 e. The fourth-order valence-electron chi connectivity index (χ4n) is 2.90. The van der Waals surface area contributed by atoms with Gasteiger partial charge in [0.1, 0.15) is 25.1 Å². The minimum Gasteiger partial charge on any atom is -0.399 e. The summed E-state index contributed by atoms with van der Waals surface area (Å²) in [5.41, 5.74) is 9.58. The molecule has 0 atom stereocenters. The Bertz CT molecular complexity index is 917. The van der Waals surface area contributed by atoms with Gasteiger partial charge in [0.25, 0.3) is 0 Å². The average Bonchev–Trinajstić information content (AvgIpc) is 2.99. The predicted molar refractivity (Wildman–Crippen MR) is 99.5 cm³/mol. The maximum atomic E-state index is 6.17. The first kappa shape index (κ1) is 17.2. The number of para-hydroxylation sites is 1. The zero-order chi connectivity index (χ0) is 17.8. The van der Waals surface area contributed by atoms with Crippen LogP contribution in [0.1, 0.15) is 26.1 Å². The Hall–Kier alpha value is -2.67. The van der Waals surface area contributed by atoms with Gasteiger partial charge in [0.15, 0.2) is 5.82 Å². The van der Waals surface area contributed by atoms with Gasteiger partial charge in [-0.2, -0.15) is 0 Å². The van der Waals surface area contributed by atoms with Crippen LogP contribution < -0.4 is 5.73 Å². The van der Waals surface area contributed by atoms with Gasteiger partial charge in [-0.1, -0.05) is 30.3 Å². The van der Waals surface area contributed by atoms with Crippen molar-refractivity contribution in [2.45, 2.75) is 33.4 Å². The summed E-state index contributed by atoms with van der Waals surface area (Å²) in [6.45, 7) is 5.60. The van der Waals surface area contributed by atoms with Crippen molar-refractivity contribution < 1.29 is 9.57 Å². The molecule has 132 valence electrons. The van der Waals surface area contributed by atoms with Crippen LogP contribution in [0.15, 0.2) is 29.4 Å². The van der Waals surface area contributed by atoms with E-state index >= 15 is 0 Å². The molecule has 0 aliphatic heterocycles. The average molecular weight is 341 g/mol. The number of nitrogens with zero attached hydrogens (tertiary/aromatic N) is 4. The highest BCUT2D eigenvalue weighted by atomic mass is 16.6. The van der Waals surface area contributed by atoms with Crippen molar-refractivity contribution in [2.24, 2.45) is 5.16 Å². The third kappa shape index (κ3) is 3.28. The van der Waals surface area contributed by atoms with E-state index in [9.17, 15) is 0 Å². The number of anilines is 1. The fraction of sp³-hybridized carbons (Fsp3) is 0.389. The number of nitrogens with two attached hydrogens (primary N) is 1. The van der Waals surface area contributed by atoms with Crippen LogP contribution in [-0.4, -0.2) is 34.0 Å². The zero-order valence-electron chi connectivity index (χ0n) is 14.8. The first-order valence-corrected chi connectivity index (χ1v) is 8.39. The van der Waals surface area contributed by atoms with Gasteiger partial charge in [-0.15, -0.1) is 0 Å². The predicted octanol–water partition coefficient (Wildman–Crippen LogP) is 3.12. The molecule has 0 saturated carbocycles. The lowest BCUT2D eigenvalue weighted by Gasteiger charge is -2.11. The van der Waals surface area contributed by atoms with Crippen LogP contribution in [0.5, 0.6) is 0 Å². The SMILES string of the molecule is CCOCc1nc2c(N)nc3ccccc3c2n1C/C(CC)=N\OC. The van der Waals surface area contributed by atoms with E-state index in [0.29, 0.717) is 31.1 Å². The van der Waals surface area contributed by atoms with Crippen LogP contribution in [0.3, 0.4) is 0 Å². The molecule has 2 aromatic heterocycles. The van der Waals surface area contributed by atoms with E-state index in [1.807, 2.05) is 38.1 Å². The van der Waals surface area contributed by atoms with Crippen molar-refractivity contribution in [3.63, 3.8) is 0 Å². The van der Waals surface area contributed by atoms with Gasteiger partial charge >= 0.3 is 0 Å². The summed E-state index contributed by atoms with van der Waals surface area (Å²) in [5.74, 6) is 1.23. The fourth-order valence-corrected chi connectivity index (χ4v) is 2.90. The number of hydrogen-bond acceptors (Lipinski definition) is 6. The van der Waals surface area contributed by atoms with Crippen molar-refractivity contribution in [1.29, 1.82) is 0 Å². The second-order valence-corrected chi connectivity index (χ2v) is 5.66. The van der Waals surface area contributed by atoms with E-state index in [0.717, 1.165) is 34.4 Å². The summed E-state index contributed by atoms with van der Waals surface area (Å²) < 4.78 is 7.71. The van der Waals surface area contributed by atoms with Gasteiger partial charge in [-0.25, -0.2) is 9.97 Å². The van der Waals surface area contributed by atoms with Gasteiger partial charge in [0.2, 0.25) is 0 Å². The molecule has 0 radical (unpaired) electrons. The van der Waals surface area contributed by atoms with Gasteiger partial charge in [-0.05, 0) is 19.4 Å². The lowest BCUT2D eigenvalue weighted by molar-refractivity contribution is 0.126. The van der Waals surface area contributed by atoms with Gasteiger partial charge in [0, 0.05) is 12.0 Å². The molecule has 0 unspecified atom stereocenters. The van der Waals surface area contributed by atoms with Crippen molar-refractivity contribution >= 4 is 33.5 Å². The third-order valence-electron chi connectivity index (χ3n) is 4.09. The van der Waals surface area contributed by atoms with E-state index in [4.69, 9.17) is 20.3 Å². The van der Waals surface area contributed by atoms with Crippen molar-refractivity contribution in [2.75, 3.05) is 19.5 Å². The summed E-state index contributed by atoms with van der Waals surface area (Å²) in [5, 5.41) is 5.14. The van der Waals surface area contributed by atoms with Crippen LogP contribution in [0.25, 0.3) is 21.9 Å². The Morgan fingerprint density at radius 1 is 1.24 bits per heavy atom. The van der Waals surface area contributed by atoms with E-state index in [2.05, 4.69) is 14.7 Å². The Balaban J connectivity index is 2.27. The van der Waals surface area contributed by atoms with Crippen LogP contribution >= 0.6 is 0 Å². The molecule has 7 heteroatoms. The van der Waals surface area contributed by atoms with Gasteiger partial charge in [-0.3, -0.25) is 0 Å². The van der Waals surface area contributed by atoms with E-state index < -0.39 is 0 Å². The Labute approximate surface area is 146 Å². The van der Waals surface area contributed by atoms with Crippen molar-refractivity contribution in [3.8, 4) is 0 Å². The minimum absolute atomic E-state index is 0.406. The summed E-state index contributed by atoms with van der Waals surface area (Å²) in [7, 11) is 1.56. The molecule has 0 saturated heterocycles. The van der Waals surface area contributed by atoms with E-state index in [1.165, 1.54) is 0 Å². The van der Waals surface area contributed by atoms with Crippen LogP contribution in [0, 0.1) is 0 Å². The lowest BCUT2D eigenvalue weighted by atomic mass is 10.2. The van der Waals surface area contributed by atoms with Crippen molar-refractivity contribution in [3.05, 3.63) is 30.1 Å². The van der Waals surface area contributed by atoms with Crippen LogP contribution in [0.4, 0.5) is 5.82 Å². The molecule has 0 aliphatic rings. The number of ether oxygens (including phenoxy) is 1. The lowest BCUT2D eigenvalue weighted by Crippen LogP contribution is -2.14. The van der Waals surface area contributed by atoms with Crippen molar-refractivity contribution in [1.82, 2.24) is 14.5 Å². The maximum Gasteiger partial charge on any atom is 0.152 e. The standard InChI is InChI=1S/C18H23N5O2/c1-4-12(22-24-3)10-23-15(11-25-5-2)21-16-17(23)13-8-6-7-9-14(13)20-18(16)19/h6-9H,4-5,10-11H2,1-3H3,(H2,19,20)/b22-12-. The number of nitrogen functional groups attached to an aromatic ring is 1. The number of oxime groups is 1. The minimum atomic E-state index is 0.406. The highest BCUT2D eigenvalue weighted by Crippen LogP contribution is 2.29. The Morgan fingerprint density at radius 2 is 2.04 bits per heavy atom. The number of pyridine rings is 1. The smallest absolute Gasteiger partial charge is 0.152 e. The number of imidazole rings is 1. The van der Waals surface area contributed by atoms with Gasteiger partial charge < -0.3 is 19.9 Å². The highest BCUT2D eigenvalue weighted by Gasteiger charge is 2.18. The topological polar surface area (TPSA) is 87.6 Å². The molecule has 0 amide bonds. The summed E-state index contributed by atoms with van der Waals surface area (Å²) >= 11 is 0. The molecule has 0 bridgehead atoms. The number of benzene rings is 1. The molecule has 2 N–H and O–H groups in total. The molecule has 0 fully saturated rings. The first-order chi connectivity index (χ1) is 12.2. The third-order valence-corrected chi connectivity index (χ3v) is 4.09. The molecule has 0 spiro atoms. The summed E-state index contributed by atoms with van der Waals surface area (Å²) in [6.07, 6.45) is 0.778. The summed E-state index contributed by atoms with van der Waals surface area (Å²) in [4.78, 5) is 14.2. The molecule has 7 nitrogen and oxygen atoms in total. The second-order valence-electron chi connectivity index (χ2n) is 5.66. The maximum absolute atomic E-state index is 6.17. The molecule has 3 aromatic rings.